The van der Waals surface area contributed by atoms with Crippen LogP contribution in [-0.2, 0) is 13.1 Å². The van der Waals surface area contributed by atoms with Crippen LogP contribution in [0.1, 0.15) is 22.7 Å². The molecular weight excluding hydrogens is 631 g/mol. The summed E-state index contributed by atoms with van der Waals surface area (Å²) in [4.78, 5) is 0. The molecule has 10 rings (SSSR count). The summed E-state index contributed by atoms with van der Waals surface area (Å²) in [6.45, 7) is 3.85. The van der Waals surface area contributed by atoms with Gasteiger partial charge in [0, 0.05) is 34.9 Å². The average molecular weight is 669 g/mol. The van der Waals surface area contributed by atoms with Gasteiger partial charge >= 0.3 is 0 Å². The van der Waals surface area contributed by atoms with Gasteiger partial charge in [-0.15, -0.1) is 0 Å². The summed E-state index contributed by atoms with van der Waals surface area (Å²) in [5.74, 6) is 0. The van der Waals surface area contributed by atoms with E-state index in [-0.39, 0.29) is 6.04 Å². The number of hydrogen-bond acceptors (Lipinski definition) is 0. The fraction of sp³-hybridized carbons (Fsp3) is 0.0816. The van der Waals surface area contributed by atoms with E-state index in [9.17, 15) is 0 Å². The fourth-order valence-corrected chi connectivity index (χ4v) is 8.64. The van der Waals surface area contributed by atoms with Crippen LogP contribution in [0.4, 0.5) is 0 Å². The van der Waals surface area contributed by atoms with Gasteiger partial charge in [0.15, 0.2) is 18.6 Å². The van der Waals surface area contributed by atoms with E-state index in [2.05, 4.69) is 203 Å². The molecule has 1 unspecified atom stereocenters. The number of hydrogen-bond donors (Lipinski definition) is 0. The van der Waals surface area contributed by atoms with E-state index in [0.717, 1.165) is 13.1 Å². The van der Waals surface area contributed by atoms with Crippen molar-refractivity contribution in [3.05, 3.63) is 199 Å². The van der Waals surface area contributed by atoms with E-state index in [4.69, 9.17) is 0 Å². The normalized spacial score (nSPS) is 13.4. The Bertz CT molecular complexity index is 2830. The topological polar surface area (TPSA) is 11.6 Å². The van der Waals surface area contributed by atoms with Crippen molar-refractivity contribution in [2.45, 2.75) is 26.1 Å². The number of nitrogens with zero attached hydrogens (tertiary/aromatic N) is 3. The van der Waals surface area contributed by atoms with Crippen LogP contribution < -0.4 is 13.7 Å². The maximum atomic E-state index is 2.50. The molecule has 1 atom stereocenters. The molecule has 3 aromatic heterocycles. The molecule has 0 aliphatic carbocycles. The number of pyridine rings is 3. The van der Waals surface area contributed by atoms with Gasteiger partial charge in [-0.05, 0) is 65.0 Å². The van der Waals surface area contributed by atoms with Crippen LogP contribution in [-0.4, -0.2) is 0 Å². The van der Waals surface area contributed by atoms with Crippen LogP contribution in [0.2, 0.25) is 0 Å². The zero-order chi connectivity index (χ0) is 34.6. The van der Waals surface area contributed by atoms with Gasteiger partial charge in [0.1, 0.15) is 0 Å². The predicted molar refractivity (Wildman–Crippen MR) is 211 cm³/mol. The summed E-state index contributed by atoms with van der Waals surface area (Å²) >= 11 is 0. The molecule has 9 aromatic rings. The molecule has 1 aliphatic heterocycles. The molecule has 0 N–H and O–H groups in total. The van der Waals surface area contributed by atoms with Gasteiger partial charge in [-0.25, -0.2) is 0 Å². The van der Waals surface area contributed by atoms with Gasteiger partial charge in [0.2, 0.25) is 36.2 Å². The first kappa shape index (κ1) is 30.4. The number of aryl methyl sites for hydroxylation is 3. The van der Waals surface area contributed by atoms with Crippen LogP contribution in [0.5, 0.6) is 0 Å². The second-order valence-corrected chi connectivity index (χ2v) is 13.9. The molecule has 0 bridgehead atoms. The molecule has 0 saturated carbocycles. The number of rotatable bonds is 6. The highest BCUT2D eigenvalue weighted by Gasteiger charge is 2.41. The lowest BCUT2D eigenvalue weighted by Gasteiger charge is -2.15. The highest BCUT2D eigenvalue weighted by atomic mass is 15.1. The smallest absolute Gasteiger partial charge is 0.191 e. The van der Waals surface area contributed by atoms with Gasteiger partial charge < -0.3 is 0 Å². The van der Waals surface area contributed by atoms with Crippen molar-refractivity contribution in [1.29, 1.82) is 0 Å². The maximum absolute atomic E-state index is 2.50. The van der Waals surface area contributed by atoms with Crippen molar-refractivity contribution in [3.8, 4) is 33.8 Å². The SMILES string of the molecule is Cc1ccccc1-c1c2ccccc2cc[n+]1CC[n+]1ccc2ccccc2c1-c1ccccc1C1c2ccccc2-c2c3ccccc3cc[n+]21. The molecule has 6 aromatic carbocycles. The van der Waals surface area contributed by atoms with Crippen LogP contribution in [0.15, 0.2) is 182 Å². The molecule has 1 aliphatic rings. The zero-order valence-corrected chi connectivity index (χ0v) is 29.2. The second-order valence-electron chi connectivity index (χ2n) is 13.9. The van der Waals surface area contributed by atoms with Crippen molar-refractivity contribution in [2.75, 3.05) is 0 Å². The van der Waals surface area contributed by atoms with Crippen LogP contribution in [0, 0.1) is 6.92 Å². The van der Waals surface area contributed by atoms with Crippen LogP contribution >= 0.6 is 0 Å². The Kier molecular flexibility index (Phi) is 7.24. The van der Waals surface area contributed by atoms with Crippen molar-refractivity contribution in [1.82, 2.24) is 0 Å². The lowest BCUT2D eigenvalue weighted by atomic mass is 9.90. The Labute approximate surface area is 304 Å². The van der Waals surface area contributed by atoms with E-state index in [1.165, 1.54) is 82.8 Å². The van der Waals surface area contributed by atoms with Gasteiger partial charge in [0.25, 0.3) is 0 Å². The van der Waals surface area contributed by atoms with E-state index in [1.54, 1.807) is 0 Å². The minimum atomic E-state index is 0.0435. The second kappa shape index (κ2) is 12.4. The molecule has 52 heavy (non-hydrogen) atoms. The summed E-state index contributed by atoms with van der Waals surface area (Å²) < 4.78 is 7.44. The standard InChI is InChI=1S/C49H38N3/c1-34-14-2-6-18-38(34)46-39-19-7-3-15-35(39)26-29-50(46)32-33-51-30-27-36-16-4-8-20-40(36)47(51)42-22-10-11-23-43(42)49-45-25-13-12-24-44(45)48-41-21-9-5-17-37(41)28-31-52(48)49/h2-31,49H,32-33H2,1H3/q+3. The molecule has 0 saturated heterocycles. The lowest BCUT2D eigenvalue weighted by molar-refractivity contribution is -0.767. The van der Waals surface area contributed by atoms with E-state index in [0.29, 0.717) is 0 Å². The summed E-state index contributed by atoms with van der Waals surface area (Å²) in [6, 6.07) is 60.0. The lowest BCUT2D eigenvalue weighted by Crippen LogP contribution is -2.47. The zero-order valence-electron chi connectivity index (χ0n) is 29.2. The fourth-order valence-electron chi connectivity index (χ4n) is 8.64. The van der Waals surface area contributed by atoms with Crippen molar-refractivity contribution >= 4 is 32.3 Å². The van der Waals surface area contributed by atoms with Crippen molar-refractivity contribution in [3.63, 3.8) is 0 Å². The first-order valence-corrected chi connectivity index (χ1v) is 18.2. The Balaban J connectivity index is 1.15. The number of benzene rings is 6. The maximum Gasteiger partial charge on any atom is 0.221 e. The first-order valence-electron chi connectivity index (χ1n) is 18.2. The molecule has 0 spiro atoms. The molecule has 0 radical (unpaired) electrons. The third-order valence-corrected chi connectivity index (χ3v) is 11.0. The van der Waals surface area contributed by atoms with E-state index >= 15 is 0 Å². The number of aromatic nitrogens is 3. The summed E-state index contributed by atoms with van der Waals surface area (Å²) in [6.07, 6.45) is 6.85. The highest BCUT2D eigenvalue weighted by molar-refractivity contribution is 5.96. The predicted octanol–water partition coefficient (Wildman–Crippen LogP) is 9.97. The molecule has 4 heterocycles. The minimum absolute atomic E-state index is 0.0435. The van der Waals surface area contributed by atoms with E-state index in [1.807, 2.05) is 0 Å². The monoisotopic (exact) mass is 668 g/mol. The quantitative estimate of drug-likeness (QED) is 0.156. The molecule has 0 amide bonds. The molecule has 246 valence electrons. The molecular formula is C49H38N3+3. The van der Waals surface area contributed by atoms with Crippen LogP contribution in [0.25, 0.3) is 66.1 Å². The Morgan fingerprint density at radius 3 is 1.35 bits per heavy atom. The van der Waals surface area contributed by atoms with Crippen LogP contribution in [0.3, 0.4) is 0 Å². The van der Waals surface area contributed by atoms with E-state index < -0.39 is 0 Å². The third-order valence-electron chi connectivity index (χ3n) is 11.0. The van der Waals surface area contributed by atoms with Crippen molar-refractivity contribution < 1.29 is 13.7 Å². The third kappa shape index (κ3) is 4.85. The minimum Gasteiger partial charge on any atom is -0.191 e. The summed E-state index contributed by atoms with van der Waals surface area (Å²) in [5.41, 5.74) is 11.6. The first-order chi connectivity index (χ1) is 25.7. The van der Waals surface area contributed by atoms with Gasteiger partial charge in [-0.1, -0.05) is 109 Å². The average Bonchev–Trinajstić information content (AvgIpc) is 3.54. The molecule has 3 nitrogen and oxygen atoms in total. The molecule has 3 heteroatoms. The van der Waals surface area contributed by atoms with Gasteiger partial charge in [-0.3, -0.25) is 0 Å². The van der Waals surface area contributed by atoms with Gasteiger partial charge in [0.05, 0.1) is 27.3 Å². The Hall–Kier alpha value is -6.45. The largest absolute Gasteiger partial charge is 0.221 e. The van der Waals surface area contributed by atoms with Gasteiger partial charge in [-0.2, -0.15) is 13.7 Å². The Morgan fingerprint density at radius 2 is 0.788 bits per heavy atom. The summed E-state index contributed by atoms with van der Waals surface area (Å²) in [5, 5.41) is 7.59. The molecule has 0 fully saturated rings. The highest BCUT2D eigenvalue weighted by Crippen LogP contribution is 2.43. The van der Waals surface area contributed by atoms with Crippen molar-refractivity contribution in [2.24, 2.45) is 0 Å². The number of fused-ring (bicyclic) bond motifs is 7. The summed E-state index contributed by atoms with van der Waals surface area (Å²) in [7, 11) is 0. The Morgan fingerprint density at radius 1 is 0.385 bits per heavy atom.